The molecule has 0 aliphatic heterocycles. The van der Waals surface area contributed by atoms with E-state index in [1.165, 1.54) is 5.56 Å². The summed E-state index contributed by atoms with van der Waals surface area (Å²) in [5, 5.41) is 0. The van der Waals surface area contributed by atoms with E-state index in [0.29, 0.717) is 0 Å². The summed E-state index contributed by atoms with van der Waals surface area (Å²) >= 11 is 0. The molecule has 17 heavy (non-hydrogen) atoms. The van der Waals surface area contributed by atoms with E-state index in [1.54, 1.807) is 7.11 Å². The standard InChI is InChI=1S/C15H18O2/c1-3-12-8-4-5-9-13(12)17-15-11-7-6-10-14(15)16-2/h4-5,8-11H,3,6-7H2,1-2H3. The van der Waals surface area contributed by atoms with E-state index in [9.17, 15) is 0 Å². The number of rotatable bonds is 4. The number of benzene rings is 1. The van der Waals surface area contributed by atoms with Crippen molar-refractivity contribution in [1.82, 2.24) is 0 Å². The van der Waals surface area contributed by atoms with Crippen molar-refractivity contribution in [3.63, 3.8) is 0 Å². The minimum Gasteiger partial charge on any atom is -0.493 e. The van der Waals surface area contributed by atoms with Gasteiger partial charge in [-0.25, -0.2) is 0 Å². The van der Waals surface area contributed by atoms with Crippen molar-refractivity contribution in [3.8, 4) is 5.75 Å². The van der Waals surface area contributed by atoms with Gasteiger partial charge in [0.05, 0.1) is 7.11 Å². The van der Waals surface area contributed by atoms with E-state index in [2.05, 4.69) is 25.1 Å². The molecule has 0 fully saturated rings. The molecule has 0 unspecified atom stereocenters. The zero-order valence-corrected chi connectivity index (χ0v) is 10.4. The highest BCUT2D eigenvalue weighted by Crippen LogP contribution is 2.26. The second kappa shape index (κ2) is 5.58. The monoisotopic (exact) mass is 230 g/mol. The summed E-state index contributed by atoms with van der Waals surface area (Å²) in [7, 11) is 1.68. The van der Waals surface area contributed by atoms with Crippen LogP contribution < -0.4 is 4.74 Å². The fraction of sp³-hybridized carbons (Fsp3) is 0.333. The topological polar surface area (TPSA) is 18.5 Å². The maximum absolute atomic E-state index is 5.95. The molecular weight excluding hydrogens is 212 g/mol. The predicted octanol–water partition coefficient (Wildman–Crippen LogP) is 3.84. The molecule has 2 heteroatoms. The molecule has 0 radical (unpaired) electrons. The van der Waals surface area contributed by atoms with E-state index >= 15 is 0 Å². The molecule has 0 N–H and O–H groups in total. The molecule has 1 aromatic rings. The zero-order chi connectivity index (χ0) is 12.1. The Hall–Kier alpha value is -1.70. The van der Waals surface area contributed by atoms with Crippen molar-refractivity contribution >= 4 is 0 Å². The molecule has 1 aromatic carbocycles. The average Bonchev–Trinajstić information content (AvgIpc) is 2.40. The first kappa shape index (κ1) is 11.8. The molecule has 2 rings (SSSR count). The van der Waals surface area contributed by atoms with Gasteiger partial charge in [0, 0.05) is 0 Å². The summed E-state index contributed by atoms with van der Waals surface area (Å²) < 4.78 is 11.3. The van der Waals surface area contributed by atoms with Gasteiger partial charge in [-0.3, -0.25) is 0 Å². The minimum atomic E-state index is 0.833. The van der Waals surface area contributed by atoms with E-state index < -0.39 is 0 Å². The molecular formula is C15H18O2. The van der Waals surface area contributed by atoms with Crippen LogP contribution in [0.3, 0.4) is 0 Å². The molecule has 90 valence electrons. The van der Waals surface area contributed by atoms with E-state index in [4.69, 9.17) is 9.47 Å². The van der Waals surface area contributed by atoms with Crippen LogP contribution >= 0.6 is 0 Å². The Bertz CT molecular complexity index is 444. The highest BCUT2D eigenvalue weighted by Gasteiger charge is 2.12. The molecule has 0 spiro atoms. The van der Waals surface area contributed by atoms with Gasteiger partial charge in [-0.2, -0.15) is 0 Å². The Morgan fingerprint density at radius 2 is 1.76 bits per heavy atom. The number of para-hydroxylation sites is 1. The lowest BCUT2D eigenvalue weighted by Crippen LogP contribution is -2.05. The van der Waals surface area contributed by atoms with Gasteiger partial charge >= 0.3 is 0 Å². The number of hydrogen-bond acceptors (Lipinski definition) is 2. The van der Waals surface area contributed by atoms with Crippen LogP contribution in [0.4, 0.5) is 0 Å². The van der Waals surface area contributed by atoms with Crippen molar-refractivity contribution in [2.24, 2.45) is 0 Å². The first-order valence-electron chi connectivity index (χ1n) is 6.05. The number of allylic oxidation sites excluding steroid dienone is 2. The Morgan fingerprint density at radius 1 is 1.06 bits per heavy atom. The van der Waals surface area contributed by atoms with Gasteiger partial charge in [-0.1, -0.05) is 25.1 Å². The molecule has 2 nitrogen and oxygen atoms in total. The number of aryl methyl sites for hydroxylation is 1. The Balaban J connectivity index is 2.20. The fourth-order valence-electron chi connectivity index (χ4n) is 1.92. The molecule has 1 aliphatic rings. The Morgan fingerprint density at radius 3 is 2.47 bits per heavy atom. The van der Waals surface area contributed by atoms with E-state index in [1.807, 2.05) is 18.2 Å². The summed E-state index contributed by atoms with van der Waals surface area (Å²) in [6.07, 6.45) is 7.16. The fourth-order valence-corrected chi connectivity index (χ4v) is 1.92. The molecule has 0 amide bonds. The molecule has 0 bridgehead atoms. The molecule has 0 aromatic heterocycles. The smallest absolute Gasteiger partial charge is 0.164 e. The number of hydrogen-bond donors (Lipinski definition) is 0. The molecule has 0 heterocycles. The van der Waals surface area contributed by atoms with Crippen LogP contribution in [-0.4, -0.2) is 7.11 Å². The van der Waals surface area contributed by atoms with Crippen molar-refractivity contribution in [3.05, 3.63) is 53.5 Å². The van der Waals surface area contributed by atoms with Crippen LogP contribution in [0.2, 0.25) is 0 Å². The van der Waals surface area contributed by atoms with Crippen LogP contribution in [0, 0.1) is 0 Å². The first-order valence-corrected chi connectivity index (χ1v) is 6.05. The Kier molecular flexibility index (Phi) is 3.86. The molecule has 0 atom stereocenters. The third-order valence-electron chi connectivity index (χ3n) is 2.86. The minimum absolute atomic E-state index is 0.833. The number of methoxy groups -OCH3 is 1. The predicted molar refractivity (Wildman–Crippen MR) is 68.9 cm³/mol. The average molecular weight is 230 g/mol. The van der Waals surface area contributed by atoms with Crippen molar-refractivity contribution in [2.45, 2.75) is 26.2 Å². The maximum Gasteiger partial charge on any atom is 0.164 e. The van der Waals surface area contributed by atoms with Crippen LogP contribution in [0.1, 0.15) is 25.3 Å². The first-order chi connectivity index (χ1) is 8.35. The van der Waals surface area contributed by atoms with Crippen molar-refractivity contribution in [1.29, 1.82) is 0 Å². The van der Waals surface area contributed by atoms with Crippen LogP contribution in [0.5, 0.6) is 5.75 Å². The van der Waals surface area contributed by atoms with Crippen molar-refractivity contribution in [2.75, 3.05) is 7.11 Å². The van der Waals surface area contributed by atoms with Gasteiger partial charge in [0.25, 0.3) is 0 Å². The normalized spacial score (nSPS) is 14.9. The summed E-state index contributed by atoms with van der Waals surface area (Å²) in [6.45, 7) is 2.13. The lowest BCUT2D eigenvalue weighted by Gasteiger charge is -2.17. The molecule has 1 aliphatic carbocycles. The third kappa shape index (κ3) is 2.70. The zero-order valence-electron chi connectivity index (χ0n) is 10.4. The van der Waals surface area contributed by atoms with Gasteiger partial charge < -0.3 is 9.47 Å². The van der Waals surface area contributed by atoms with Gasteiger partial charge in [-0.15, -0.1) is 0 Å². The third-order valence-corrected chi connectivity index (χ3v) is 2.86. The van der Waals surface area contributed by atoms with Gasteiger partial charge in [0.1, 0.15) is 5.75 Å². The summed E-state index contributed by atoms with van der Waals surface area (Å²) in [6, 6.07) is 8.12. The highest BCUT2D eigenvalue weighted by atomic mass is 16.5. The van der Waals surface area contributed by atoms with E-state index in [-0.39, 0.29) is 0 Å². The SMILES string of the molecule is CCc1ccccc1OC1=CCCC=C1OC. The summed E-state index contributed by atoms with van der Waals surface area (Å²) in [5.74, 6) is 2.59. The maximum atomic E-state index is 5.95. The number of ether oxygens (including phenoxy) is 2. The summed E-state index contributed by atoms with van der Waals surface area (Å²) in [4.78, 5) is 0. The Labute approximate surface area is 103 Å². The van der Waals surface area contributed by atoms with Crippen LogP contribution in [0.25, 0.3) is 0 Å². The van der Waals surface area contributed by atoms with Crippen LogP contribution in [0.15, 0.2) is 47.9 Å². The largest absolute Gasteiger partial charge is 0.493 e. The lowest BCUT2D eigenvalue weighted by molar-refractivity contribution is 0.257. The lowest BCUT2D eigenvalue weighted by atomic mass is 10.1. The second-order valence-corrected chi connectivity index (χ2v) is 3.98. The highest BCUT2D eigenvalue weighted by molar-refractivity contribution is 5.37. The van der Waals surface area contributed by atoms with Gasteiger partial charge in [0.15, 0.2) is 11.5 Å². The van der Waals surface area contributed by atoms with E-state index in [0.717, 1.165) is 36.5 Å². The molecule has 0 saturated heterocycles. The second-order valence-electron chi connectivity index (χ2n) is 3.98. The van der Waals surface area contributed by atoms with Gasteiger partial charge in [0.2, 0.25) is 0 Å². The summed E-state index contributed by atoms with van der Waals surface area (Å²) in [5.41, 5.74) is 1.22. The van der Waals surface area contributed by atoms with Crippen molar-refractivity contribution < 1.29 is 9.47 Å². The van der Waals surface area contributed by atoms with Crippen LogP contribution in [-0.2, 0) is 11.2 Å². The quantitative estimate of drug-likeness (QED) is 0.782. The van der Waals surface area contributed by atoms with Gasteiger partial charge in [-0.05, 0) is 43.0 Å². The molecule has 0 saturated carbocycles.